The molecule has 3 heteroatoms. The zero-order valence-electron chi connectivity index (χ0n) is 9.15. The summed E-state index contributed by atoms with van der Waals surface area (Å²) in [6.45, 7) is 2.09. The van der Waals surface area contributed by atoms with Crippen molar-refractivity contribution >= 4 is 28.7 Å². The fraction of sp³-hybridized carbons (Fsp3) is 0.231. The number of allylic oxidation sites excluding steroid dienone is 1. The highest BCUT2D eigenvalue weighted by Gasteiger charge is 1.98. The van der Waals surface area contributed by atoms with E-state index in [2.05, 4.69) is 16.9 Å². The SMILES string of the molecule is CCC(=Cc1cnc2ccccc2n1)CCl. The van der Waals surface area contributed by atoms with Gasteiger partial charge in [0, 0.05) is 5.88 Å². The fourth-order valence-electron chi connectivity index (χ4n) is 1.49. The largest absolute Gasteiger partial charge is 0.252 e. The first-order valence-corrected chi connectivity index (χ1v) is 5.84. The van der Waals surface area contributed by atoms with Gasteiger partial charge in [0.05, 0.1) is 22.9 Å². The van der Waals surface area contributed by atoms with Crippen molar-refractivity contribution in [1.82, 2.24) is 9.97 Å². The first kappa shape index (κ1) is 11.1. The molecule has 0 saturated heterocycles. The number of para-hydroxylation sites is 2. The van der Waals surface area contributed by atoms with Crippen molar-refractivity contribution in [2.24, 2.45) is 0 Å². The highest BCUT2D eigenvalue weighted by molar-refractivity contribution is 6.19. The Balaban J connectivity index is 2.43. The Morgan fingerprint density at radius 2 is 2.06 bits per heavy atom. The second kappa shape index (κ2) is 5.08. The van der Waals surface area contributed by atoms with Crippen LogP contribution in [0, 0.1) is 0 Å². The van der Waals surface area contributed by atoms with E-state index < -0.39 is 0 Å². The van der Waals surface area contributed by atoms with Crippen molar-refractivity contribution in [3.8, 4) is 0 Å². The first-order chi connectivity index (χ1) is 7.83. The highest BCUT2D eigenvalue weighted by Crippen LogP contribution is 2.12. The molecular formula is C13H13ClN2. The second-order valence-corrected chi connectivity index (χ2v) is 3.84. The summed E-state index contributed by atoms with van der Waals surface area (Å²) in [4.78, 5) is 8.87. The highest BCUT2D eigenvalue weighted by atomic mass is 35.5. The molecule has 2 rings (SSSR count). The zero-order valence-corrected chi connectivity index (χ0v) is 9.91. The third-order valence-corrected chi connectivity index (χ3v) is 2.79. The number of fused-ring (bicyclic) bond motifs is 1. The quantitative estimate of drug-likeness (QED) is 0.755. The molecule has 0 atom stereocenters. The van der Waals surface area contributed by atoms with E-state index in [1.165, 1.54) is 5.57 Å². The maximum Gasteiger partial charge on any atom is 0.0894 e. The summed E-state index contributed by atoms with van der Waals surface area (Å²) in [5.41, 5.74) is 3.88. The van der Waals surface area contributed by atoms with Crippen LogP contribution in [0.4, 0.5) is 0 Å². The van der Waals surface area contributed by atoms with Crippen LogP contribution >= 0.6 is 11.6 Å². The van der Waals surface area contributed by atoms with Crippen LogP contribution in [0.2, 0.25) is 0 Å². The molecule has 0 unspecified atom stereocenters. The zero-order chi connectivity index (χ0) is 11.4. The van der Waals surface area contributed by atoms with E-state index in [9.17, 15) is 0 Å². The number of nitrogens with zero attached hydrogens (tertiary/aromatic N) is 2. The lowest BCUT2D eigenvalue weighted by Gasteiger charge is -2.00. The standard InChI is InChI=1S/C13H13ClN2/c1-2-10(8-14)7-11-9-15-12-5-3-4-6-13(12)16-11/h3-7,9H,2,8H2,1H3. The number of rotatable bonds is 3. The van der Waals surface area contributed by atoms with E-state index in [0.717, 1.165) is 23.1 Å². The van der Waals surface area contributed by atoms with Gasteiger partial charge in [-0.25, -0.2) is 4.98 Å². The molecular weight excluding hydrogens is 220 g/mol. The van der Waals surface area contributed by atoms with Crippen LogP contribution in [0.5, 0.6) is 0 Å². The van der Waals surface area contributed by atoms with Crippen LogP contribution in [0.1, 0.15) is 19.0 Å². The number of benzene rings is 1. The molecule has 82 valence electrons. The number of hydrogen-bond donors (Lipinski definition) is 0. The van der Waals surface area contributed by atoms with E-state index in [-0.39, 0.29) is 0 Å². The third kappa shape index (κ3) is 2.39. The van der Waals surface area contributed by atoms with Crippen molar-refractivity contribution in [2.75, 3.05) is 5.88 Å². The van der Waals surface area contributed by atoms with Gasteiger partial charge < -0.3 is 0 Å². The summed E-state index contributed by atoms with van der Waals surface area (Å²) in [7, 11) is 0. The topological polar surface area (TPSA) is 25.8 Å². The summed E-state index contributed by atoms with van der Waals surface area (Å²) in [6, 6.07) is 7.85. The smallest absolute Gasteiger partial charge is 0.0894 e. The van der Waals surface area contributed by atoms with Crippen LogP contribution in [-0.4, -0.2) is 15.8 Å². The predicted molar refractivity (Wildman–Crippen MR) is 68.5 cm³/mol. The van der Waals surface area contributed by atoms with Crippen molar-refractivity contribution in [1.29, 1.82) is 0 Å². The van der Waals surface area contributed by atoms with Crippen LogP contribution in [0.15, 0.2) is 36.0 Å². The van der Waals surface area contributed by atoms with Gasteiger partial charge >= 0.3 is 0 Å². The molecule has 0 spiro atoms. The van der Waals surface area contributed by atoms with E-state index in [4.69, 9.17) is 11.6 Å². The van der Waals surface area contributed by atoms with Crippen LogP contribution in [0.25, 0.3) is 17.1 Å². The minimum atomic E-state index is 0.547. The molecule has 0 saturated carbocycles. The molecule has 2 aromatic rings. The Morgan fingerprint density at radius 3 is 2.75 bits per heavy atom. The molecule has 0 aliphatic rings. The second-order valence-electron chi connectivity index (χ2n) is 3.57. The summed E-state index contributed by atoms with van der Waals surface area (Å²) in [6.07, 6.45) is 4.73. The average Bonchev–Trinajstić information content (AvgIpc) is 2.35. The van der Waals surface area contributed by atoms with Gasteiger partial charge in [0.25, 0.3) is 0 Å². The molecule has 0 radical (unpaired) electrons. The summed E-state index contributed by atoms with van der Waals surface area (Å²) in [5, 5.41) is 0. The van der Waals surface area contributed by atoms with Crippen LogP contribution in [0.3, 0.4) is 0 Å². The molecule has 1 heterocycles. The number of hydrogen-bond acceptors (Lipinski definition) is 2. The summed E-state index contributed by atoms with van der Waals surface area (Å²) in [5.74, 6) is 0.547. The molecule has 0 aliphatic heterocycles. The van der Waals surface area contributed by atoms with E-state index in [1.54, 1.807) is 6.20 Å². The molecule has 2 nitrogen and oxygen atoms in total. The number of aromatic nitrogens is 2. The van der Waals surface area contributed by atoms with E-state index in [1.807, 2.05) is 30.3 Å². The van der Waals surface area contributed by atoms with Crippen molar-refractivity contribution in [3.05, 3.63) is 41.7 Å². The predicted octanol–water partition coefficient (Wildman–Crippen LogP) is 3.66. The number of halogens is 1. The molecule has 0 amide bonds. The molecule has 0 bridgehead atoms. The third-order valence-electron chi connectivity index (χ3n) is 2.44. The van der Waals surface area contributed by atoms with Crippen LogP contribution < -0.4 is 0 Å². The maximum absolute atomic E-state index is 5.82. The maximum atomic E-state index is 5.82. The van der Waals surface area contributed by atoms with Crippen molar-refractivity contribution in [2.45, 2.75) is 13.3 Å². The van der Waals surface area contributed by atoms with Gasteiger partial charge in [0.2, 0.25) is 0 Å². The molecule has 0 fully saturated rings. The van der Waals surface area contributed by atoms with E-state index in [0.29, 0.717) is 5.88 Å². The van der Waals surface area contributed by atoms with Gasteiger partial charge in [-0.3, -0.25) is 4.98 Å². The normalized spacial score (nSPS) is 12.0. The molecule has 16 heavy (non-hydrogen) atoms. The lowest BCUT2D eigenvalue weighted by molar-refractivity contribution is 1.11. The fourth-order valence-corrected chi connectivity index (χ4v) is 1.75. The lowest BCUT2D eigenvalue weighted by atomic mass is 10.2. The van der Waals surface area contributed by atoms with Crippen molar-refractivity contribution in [3.63, 3.8) is 0 Å². The lowest BCUT2D eigenvalue weighted by Crippen LogP contribution is -1.89. The van der Waals surface area contributed by atoms with Gasteiger partial charge in [-0.1, -0.05) is 24.6 Å². The Bertz CT molecular complexity index is 514. The molecule has 1 aromatic carbocycles. The molecule has 1 aromatic heterocycles. The van der Waals surface area contributed by atoms with Gasteiger partial charge in [-0.05, 0) is 24.6 Å². The van der Waals surface area contributed by atoms with Gasteiger partial charge in [0.1, 0.15) is 0 Å². The molecule has 0 N–H and O–H groups in total. The summed E-state index contributed by atoms with van der Waals surface area (Å²) < 4.78 is 0. The average molecular weight is 233 g/mol. The molecule has 0 aliphatic carbocycles. The Labute approximate surface area is 100.0 Å². The monoisotopic (exact) mass is 232 g/mol. The Morgan fingerprint density at radius 1 is 1.31 bits per heavy atom. The van der Waals surface area contributed by atoms with E-state index >= 15 is 0 Å². The van der Waals surface area contributed by atoms with Crippen molar-refractivity contribution < 1.29 is 0 Å². The van der Waals surface area contributed by atoms with Gasteiger partial charge in [0.15, 0.2) is 0 Å². The van der Waals surface area contributed by atoms with Gasteiger partial charge in [-0.15, -0.1) is 11.6 Å². The minimum absolute atomic E-state index is 0.547. The van der Waals surface area contributed by atoms with Crippen LogP contribution in [-0.2, 0) is 0 Å². The first-order valence-electron chi connectivity index (χ1n) is 5.30. The summed E-state index contributed by atoms with van der Waals surface area (Å²) >= 11 is 5.82. The Kier molecular flexibility index (Phi) is 3.52. The Hall–Kier alpha value is -1.41. The number of alkyl halides is 1. The van der Waals surface area contributed by atoms with Gasteiger partial charge in [-0.2, -0.15) is 0 Å². The minimum Gasteiger partial charge on any atom is -0.252 e.